The standard InChI is InChI=1S/C13H21FO2Si/c1-15-13-6-5-12(14)9-11(13)10-16-7-8-17(2,3)4/h5-6,9H,7-8,10H2,1-4H3. The second-order valence-electron chi connectivity index (χ2n) is 5.32. The van der Waals surface area contributed by atoms with Crippen molar-refractivity contribution in [2.24, 2.45) is 0 Å². The van der Waals surface area contributed by atoms with Crippen molar-refractivity contribution >= 4 is 8.07 Å². The minimum atomic E-state index is -1.06. The maximum atomic E-state index is 13.1. The number of hydrogen-bond acceptors (Lipinski definition) is 2. The molecule has 0 radical (unpaired) electrons. The van der Waals surface area contributed by atoms with Crippen LogP contribution in [0.5, 0.6) is 5.75 Å². The van der Waals surface area contributed by atoms with Gasteiger partial charge in [0.1, 0.15) is 11.6 Å². The molecule has 0 unspecified atom stereocenters. The Morgan fingerprint density at radius 2 is 1.94 bits per heavy atom. The first-order chi connectivity index (χ1) is 7.92. The average Bonchev–Trinajstić information content (AvgIpc) is 2.23. The summed E-state index contributed by atoms with van der Waals surface area (Å²) in [6.07, 6.45) is 0. The highest BCUT2D eigenvalue weighted by Gasteiger charge is 2.12. The number of rotatable bonds is 6. The Morgan fingerprint density at radius 1 is 1.24 bits per heavy atom. The molecule has 0 atom stereocenters. The molecule has 0 aliphatic heterocycles. The predicted octanol–water partition coefficient (Wildman–Crippen LogP) is 3.69. The van der Waals surface area contributed by atoms with Crippen molar-refractivity contribution in [1.82, 2.24) is 0 Å². The lowest BCUT2D eigenvalue weighted by molar-refractivity contribution is 0.131. The molecule has 2 nitrogen and oxygen atoms in total. The molecule has 0 fully saturated rings. The number of hydrogen-bond donors (Lipinski definition) is 0. The SMILES string of the molecule is COc1ccc(F)cc1COCC[Si](C)(C)C. The van der Waals surface area contributed by atoms with E-state index in [4.69, 9.17) is 9.47 Å². The summed E-state index contributed by atoms with van der Waals surface area (Å²) in [7, 11) is 0.524. The Balaban J connectivity index is 2.48. The number of ether oxygens (including phenoxy) is 2. The van der Waals surface area contributed by atoms with Gasteiger partial charge in [-0.3, -0.25) is 0 Å². The second-order valence-corrected chi connectivity index (χ2v) is 10.9. The zero-order chi connectivity index (χ0) is 12.9. The van der Waals surface area contributed by atoms with Gasteiger partial charge >= 0.3 is 0 Å². The Bertz CT molecular complexity index is 361. The molecule has 17 heavy (non-hydrogen) atoms. The number of methoxy groups -OCH3 is 1. The van der Waals surface area contributed by atoms with E-state index >= 15 is 0 Å². The highest BCUT2D eigenvalue weighted by atomic mass is 28.3. The van der Waals surface area contributed by atoms with E-state index in [1.807, 2.05) is 0 Å². The summed E-state index contributed by atoms with van der Waals surface area (Å²) < 4.78 is 23.8. The van der Waals surface area contributed by atoms with Crippen molar-refractivity contribution in [3.05, 3.63) is 29.6 Å². The average molecular weight is 256 g/mol. The largest absolute Gasteiger partial charge is 0.496 e. The van der Waals surface area contributed by atoms with E-state index in [9.17, 15) is 4.39 Å². The lowest BCUT2D eigenvalue weighted by atomic mass is 10.2. The lowest BCUT2D eigenvalue weighted by Crippen LogP contribution is -2.21. The van der Waals surface area contributed by atoms with Crippen LogP contribution in [-0.4, -0.2) is 21.8 Å². The van der Waals surface area contributed by atoms with Crippen LogP contribution in [0.15, 0.2) is 18.2 Å². The van der Waals surface area contributed by atoms with Crippen LogP contribution >= 0.6 is 0 Å². The van der Waals surface area contributed by atoms with E-state index in [1.165, 1.54) is 12.1 Å². The third-order valence-electron chi connectivity index (χ3n) is 2.50. The van der Waals surface area contributed by atoms with Crippen LogP contribution in [0.2, 0.25) is 25.7 Å². The van der Waals surface area contributed by atoms with Gasteiger partial charge in [0.15, 0.2) is 0 Å². The molecule has 0 heterocycles. The molecule has 0 aromatic heterocycles. The van der Waals surface area contributed by atoms with E-state index < -0.39 is 8.07 Å². The first-order valence-electron chi connectivity index (χ1n) is 5.82. The normalized spacial score (nSPS) is 11.6. The molecule has 1 aromatic rings. The van der Waals surface area contributed by atoms with Gasteiger partial charge < -0.3 is 9.47 Å². The Labute approximate surface area is 104 Å². The summed E-state index contributed by atoms with van der Waals surface area (Å²) in [6, 6.07) is 5.61. The molecule has 0 N–H and O–H groups in total. The molecule has 0 bridgehead atoms. The molecule has 0 aliphatic rings. The van der Waals surface area contributed by atoms with Gasteiger partial charge in [-0.25, -0.2) is 4.39 Å². The highest BCUT2D eigenvalue weighted by Crippen LogP contribution is 2.20. The monoisotopic (exact) mass is 256 g/mol. The molecular formula is C13H21FO2Si. The van der Waals surface area contributed by atoms with Crippen LogP contribution in [0.1, 0.15) is 5.56 Å². The van der Waals surface area contributed by atoms with Crippen molar-refractivity contribution < 1.29 is 13.9 Å². The fraction of sp³-hybridized carbons (Fsp3) is 0.538. The zero-order valence-electron chi connectivity index (χ0n) is 11.0. The zero-order valence-corrected chi connectivity index (χ0v) is 12.0. The van der Waals surface area contributed by atoms with Crippen LogP contribution < -0.4 is 4.74 Å². The summed E-state index contributed by atoms with van der Waals surface area (Å²) in [6.45, 7) is 8.05. The van der Waals surface area contributed by atoms with Crippen molar-refractivity contribution in [2.75, 3.05) is 13.7 Å². The first kappa shape index (κ1) is 14.2. The maximum absolute atomic E-state index is 13.1. The van der Waals surface area contributed by atoms with E-state index in [0.717, 1.165) is 18.2 Å². The summed E-state index contributed by atoms with van der Waals surface area (Å²) >= 11 is 0. The van der Waals surface area contributed by atoms with Crippen LogP contribution in [0.25, 0.3) is 0 Å². The van der Waals surface area contributed by atoms with E-state index in [1.54, 1.807) is 13.2 Å². The molecule has 0 aliphatic carbocycles. The molecule has 1 aromatic carbocycles. The van der Waals surface area contributed by atoms with Gasteiger partial charge in [-0.1, -0.05) is 19.6 Å². The topological polar surface area (TPSA) is 18.5 Å². The van der Waals surface area contributed by atoms with Gasteiger partial charge in [-0.2, -0.15) is 0 Å². The van der Waals surface area contributed by atoms with Gasteiger partial charge in [0.05, 0.1) is 13.7 Å². The van der Waals surface area contributed by atoms with Crippen molar-refractivity contribution in [3.63, 3.8) is 0 Å². The summed E-state index contributed by atoms with van der Waals surface area (Å²) in [5, 5.41) is 0. The number of benzene rings is 1. The maximum Gasteiger partial charge on any atom is 0.124 e. The Kier molecular flexibility index (Phi) is 5.15. The Hall–Kier alpha value is -0.873. The van der Waals surface area contributed by atoms with E-state index in [-0.39, 0.29) is 5.82 Å². The minimum absolute atomic E-state index is 0.255. The second kappa shape index (κ2) is 6.17. The van der Waals surface area contributed by atoms with Crippen molar-refractivity contribution in [3.8, 4) is 5.75 Å². The van der Waals surface area contributed by atoms with Crippen LogP contribution in [0.3, 0.4) is 0 Å². The predicted molar refractivity (Wildman–Crippen MR) is 70.8 cm³/mol. The number of halogens is 1. The molecule has 0 saturated heterocycles. The molecular weight excluding hydrogens is 235 g/mol. The minimum Gasteiger partial charge on any atom is -0.496 e. The van der Waals surface area contributed by atoms with Crippen molar-refractivity contribution in [2.45, 2.75) is 32.3 Å². The van der Waals surface area contributed by atoms with E-state index in [2.05, 4.69) is 19.6 Å². The third-order valence-corrected chi connectivity index (χ3v) is 4.20. The lowest BCUT2D eigenvalue weighted by Gasteiger charge is -2.16. The van der Waals surface area contributed by atoms with Gasteiger partial charge in [0, 0.05) is 20.2 Å². The van der Waals surface area contributed by atoms with Gasteiger partial charge in [0.2, 0.25) is 0 Å². The van der Waals surface area contributed by atoms with Gasteiger partial charge in [-0.05, 0) is 24.2 Å². The fourth-order valence-electron chi connectivity index (χ4n) is 1.42. The Morgan fingerprint density at radius 3 is 2.53 bits per heavy atom. The quantitative estimate of drug-likeness (QED) is 0.571. The molecule has 0 amide bonds. The summed E-state index contributed by atoms with van der Waals surface area (Å²) in [5.41, 5.74) is 0.767. The van der Waals surface area contributed by atoms with E-state index in [0.29, 0.717) is 12.4 Å². The molecule has 0 saturated carbocycles. The highest BCUT2D eigenvalue weighted by molar-refractivity contribution is 6.76. The van der Waals surface area contributed by atoms with Crippen LogP contribution in [0.4, 0.5) is 4.39 Å². The van der Waals surface area contributed by atoms with Crippen LogP contribution in [-0.2, 0) is 11.3 Å². The molecule has 1 rings (SSSR count). The summed E-state index contributed by atoms with van der Waals surface area (Å²) in [5.74, 6) is 0.425. The van der Waals surface area contributed by atoms with Crippen LogP contribution in [0, 0.1) is 5.82 Å². The molecule has 0 spiro atoms. The smallest absolute Gasteiger partial charge is 0.124 e. The van der Waals surface area contributed by atoms with Crippen molar-refractivity contribution in [1.29, 1.82) is 0 Å². The fourth-order valence-corrected chi connectivity index (χ4v) is 2.18. The summed E-state index contributed by atoms with van der Waals surface area (Å²) in [4.78, 5) is 0. The van der Waals surface area contributed by atoms with Gasteiger partial charge in [-0.15, -0.1) is 0 Å². The van der Waals surface area contributed by atoms with Gasteiger partial charge in [0.25, 0.3) is 0 Å². The molecule has 4 heteroatoms. The third kappa shape index (κ3) is 5.32. The molecule has 96 valence electrons. The first-order valence-corrected chi connectivity index (χ1v) is 9.53.